The second kappa shape index (κ2) is 8.87. The lowest BCUT2D eigenvalue weighted by Crippen LogP contribution is -2.42. The molecular weight excluding hydrogens is 472 g/mol. The van der Waals surface area contributed by atoms with Gasteiger partial charge in [-0.3, -0.25) is 9.59 Å². The Balaban J connectivity index is 1.38. The monoisotopic (exact) mass is 496 g/mol. The molecule has 1 heterocycles. The van der Waals surface area contributed by atoms with Gasteiger partial charge < -0.3 is 10.2 Å². The smallest absolute Gasteiger partial charge is 0.349 e. The zero-order valence-electron chi connectivity index (χ0n) is 18.8. The van der Waals surface area contributed by atoms with Crippen LogP contribution in [0.25, 0.3) is 0 Å². The van der Waals surface area contributed by atoms with Crippen molar-refractivity contribution in [2.45, 2.75) is 57.2 Å². The summed E-state index contributed by atoms with van der Waals surface area (Å²) in [5, 5.41) is 2.76. The van der Waals surface area contributed by atoms with E-state index >= 15 is 0 Å². The van der Waals surface area contributed by atoms with Crippen molar-refractivity contribution in [3.63, 3.8) is 0 Å². The molecule has 2 aromatic rings. The summed E-state index contributed by atoms with van der Waals surface area (Å²) in [5.41, 5.74) is -0.522. The molecular formula is C25H25ClF4N2O2. The van der Waals surface area contributed by atoms with Crippen LogP contribution in [0.4, 0.5) is 23.2 Å². The lowest BCUT2D eigenvalue weighted by atomic mass is 9.85. The largest absolute Gasteiger partial charge is 0.416 e. The molecule has 0 radical (unpaired) electrons. The Morgan fingerprint density at radius 3 is 2.44 bits per heavy atom. The Labute approximate surface area is 200 Å². The lowest BCUT2D eigenvalue weighted by molar-refractivity contribution is -0.137. The Hall–Kier alpha value is -2.61. The zero-order valence-corrected chi connectivity index (χ0v) is 19.6. The third-order valence-electron chi connectivity index (χ3n) is 6.86. The first-order valence-corrected chi connectivity index (χ1v) is 11.6. The number of fused-ring (bicyclic) bond motifs is 1. The minimum atomic E-state index is -4.57. The van der Waals surface area contributed by atoms with E-state index in [0.717, 1.165) is 36.7 Å². The normalized spacial score (nSPS) is 22.0. The molecule has 2 aliphatic rings. The summed E-state index contributed by atoms with van der Waals surface area (Å²) in [7, 11) is 0. The molecule has 1 saturated carbocycles. The van der Waals surface area contributed by atoms with Crippen molar-refractivity contribution in [1.82, 2.24) is 5.32 Å². The van der Waals surface area contributed by atoms with Crippen molar-refractivity contribution >= 4 is 29.1 Å². The molecule has 0 saturated heterocycles. The van der Waals surface area contributed by atoms with Gasteiger partial charge in [0.25, 0.3) is 5.91 Å². The maximum atomic E-state index is 13.8. The standard InChI is InChI=1S/C25H25ClF4N2O2/c1-24(2)19-12-16(27)6-10-21(19)32(23(24)34)13-14-3-7-17(8-4-14)31-22(33)18-11-15(25(28,29)30)5-9-20(18)26/h5-6,9-12,14,17H,3-4,7-8,13H2,1-2H3,(H,31,33)/t14-,17-. The van der Waals surface area contributed by atoms with Gasteiger partial charge in [-0.1, -0.05) is 11.6 Å². The first-order valence-electron chi connectivity index (χ1n) is 11.2. The third kappa shape index (κ3) is 4.65. The molecule has 1 aliphatic carbocycles. The summed E-state index contributed by atoms with van der Waals surface area (Å²) < 4.78 is 52.8. The molecule has 0 aromatic heterocycles. The predicted octanol–water partition coefficient (Wildman–Crippen LogP) is 6.11. The number of nitrogens with one attached hydrogen (secondary N) is 1. The number of carbonyl (C=O) groups is 2. The van der Waals surface area contributed by atoms with Crippen molar-refractivity contribution in [2.75, 3.05) is 11.4 Å². The number of nitrogens with zero attached hydrogens (tertiary/aromatic N) is 1. The zero-order chi connectivity index (χ0) is 24.8. The van der Waals surface area contributed by atoms with Gasteiger partial charge in [0, 0.05) is 18.3 Å². The van der Waals surface area contributed by atoms with Crippen LogP contribution in [0, 0.1) is 11.7 Å². The van der Waals surface area contributed by atoms with E-state index in [1.54, 1.807) is 24.8 Å². The van der Waals surface area contributed by atoms with Gasteiger partial charge in [0.1, 0.15) is 5.82 Å². The fourth-order valence-electron chi connectivity index (χ4n) is 4.87. The Morgan fingerprint density at radius 1 is 1.12 bits per heavy atom. The van der Waals surface area contributed by atoms with Gasteiger partial charge in [-0.2, -0.15) is 13.2 Å². The summed E-state index contributed by atoms with van der Waals surface area (Å²) >= 11 is 5.98. The fraction of sp³-hybridized carbons (Fsp3) is 0.440. The van der Waals surface area contributed by atoms with Crippen LogP contribution in [0.15, 0.2) is 36.4 Å². The predicted molar refractivity (Wildman–Crippen MR) is 121 cm³/mol. The molecule has 0 atom stereocenters. The van der Waals surface area contributed by atoms with E-state index < -0.39 is 23.1 Å². The van der Waals surface area contributed by atoms with Crippen molar-refractivity contribution in [3.8, 4) is 0 Å². The Kier molecular flexibility index (Phi) is 6.40. The highest BCUT2D eigenvalue weighted by Gasteiger charge is 2.44. The quantitative estimate of drug-likeness (QED) is 0.519. The summed E-state index contributed by atoms with van der Waals surface area (Å²) in [6.45, 7) is 4.08. The van der Waals surface area contributed by atoms with E-state index in [0.29, 0.717) is 24.9 Å². The molecule has 0 unspecified atom stereocenters. The molecule has 4 nitrogen and oxygen atoms in total. The number of amides is 2. The van der Waals surface area contributed by atoms with Crippen molar-refractivity contribution in [2.24, 2.45) is 5.92 Å². The first-order chi connectivity index (χ1) is 15.9. The molecule has 0 spiro atoms. The van der Waals surface area contributed by atoms with Crippen LogP contribution in [-0.2, 0) is 16.4 Å². The van der Waals surface area contributed by atoms with Crippen LogP contribution in [0.3, 0.4) is 0 Å². The van der Waals surface area contributed by atoms with E-state index in [2.05, 4.69) is 5.32 Å². The molecule has 2 amide bonds. The van der Waals surface area contributed by atoms with Gasteiger partial charge in [-0.15, -0.1) is 0 Å². The Bertz CT molecular complexity index is 1120. The number of rotatable bonds is 4. The van der Waals surface area contributed by atoms with E-state index in [9.17, 15) is 27.2 Å². The summed E-state index contributed by atoms with van der Waals surface area (Å²) in [4.78, 5) is 27.3. The van der Waals surface area contributed by atoms with Gasteiger partial charge in [-0.25, -0.2) is 4.39 Å². The number of halogens is 5. The average Bonchev–Trinajstić information content (AvgIpc) is 2.95. The summed E-state index contributed by atoms with van der Waals surface area (Å²) in [5.74, 6) is -0.880. The molecule has 1 aliphatic heterocycles. The highest BCUT2D eigenvalue weighted by molar-refractivity contribution is 6.33. The van der Waals surface area contributed by atoms with Crippen LogP contribution in [0.5, 0.6) is 0 Å². The number of carbonyl (C=O) groups excluding carboxylic acids is 2. The van der Waals surface area contributed by atoms with E-state index in [1.165, 1.54) is 12.1 Å². The molecule has 1 N–H and O–H groups in total. The maximum absolute atomic E-state index is 13.8. The van der Waals surface area contributed by atoms with Crippen LogP contribution in [-0.4, -0.2) is 24.4 Å². The molecule has 182 valence electrons. The third-order valence-corrected chi connectivity index (χ3v) is 7.19. The number of alkyl halides is 3. The SMILES string of the molecule is CC1(C)C(=O)N(C[C@H]2CC[C@H](NC(=O)c3cc(C(F)(F)F)ccc3Cl)CC2)c2ccc(F)cc21. The fourth-order valence-corrected chi connectivity index (χ4v) is 5.08. The highest BCUT2D eigenvalue weighted by atomic mass is 35.5. The van der Waals surface area contributed by atoms with Gasteiger partial charge in [0.05, 0.1) is 21.6 Å². The van der Waals surface area contributed by atoms with Crippen molar-refractivity contribution in [3.05, 3.63) is 63.9 Å². The first kappa shape index (κ1) is 24.5. The van der Waals surface area contributed by atoms with Gasteiger partial charge in [0.15, 0.2) is 0 Å². The van der Waals surface area contributed by atoms with E-state index in [-0.39, 0.29) is 34.3 Å². The van der Waals surface area contributed by atoms with Crippen LogP contribution in [0.2, 0.25) is 5.02 Å². The van der Waals surface area contributed by atoms with Gasteiger partial charge in [0.2, 0.25) is 5.91 Å². The number of hydrogen-bond donors (Lipinski definition) is 1. The van der Waals surface area contributed by atoms with Crippen molar-refractivity contribution < 1.29 is 27.2 Å². The molecule has 34 heavy (non-hydrogen) atoms. The lowest BCUT2D eigenvalue weighted by Gasteiger charge is -2.32. The minimum Gasteiger partial charge on any atom is -0.349 e. The maximum Gasteiger partial charge on any atom is 0.416 e. The molecule has 1 fully saturated rings. The van der Waals surface area contributed by atoms with Crippen molar-refractivity contribution in [1.29, 1.82) is 0 Å². The van der Waals surface area contributed by atoms with Gasteiger partial charge in [-0.05, 0) is 87.4 Å². The Morgan fingerprint density at radius 2 is 1.79 bits per heavy atom. The topological polar surface area (TPSA) is 49.4 Å². The van der Waals surface area contributed by atoms with Crippen LogP contribution in [0.1, 0.15) is 61.0 Å². The number of hydrogen-bond acceptors (Lipinski definition) is 2. The highest BCUT2D eigenvalue weighted by Crippen LogP contribution is 2.43. The average molecular weight is 497 g/mol. The second-order valence-corrected chi connectivity index (χ2v) is 9.99. The second-order valence-electron chi connectivity index (χ2n) is 9.59. The van der Waals surface area contributed by atoms with E-state index in [4.69, 9.17) is 11.6 Å². The summed E-state index contributed by atoms with van der Waals surface area (Å²) in [6.07, 6.45) is -1.82. The molecule has 4 rings (SSSR count). The van der Waals surface area contributed by atoms with Crippen LogP contribution < -0.4 is 10.2 Å². The van der Waals surface area contributed by atoms with Gasteiger partial charge >= 0.3 is 6.18 Å². The molecule has 0 bridgehead atoms. The number of benzene rings is 2. The minimum absolute atomic E-state index is 0.0375. The van der Waals surface area contributed by atoms with E-state index in [1.807, 2.05) is 0 Å². The molecule has 9 heteroatoms. The molecule has 2 aromatic carbocycles. The number of anilines is 1. The van der Waals surface area contributed by atoms with Crippen LogP contribution >= 0.6 is 11.6 Å². The summed E-state index contributed by atoms with van der Waals surface area (Å²) in [6, 6.07) is 6.91.